The molecule has 88 valence electrons. The van der Waals surface area contributed by atoms with Crippen LogP contribution in [0.15, 0.2) is 12.2 Å². The number of hydrogen-bond acceptors (Lipinski definition) is 0. The molecule has 0 saturated heterocycles. The first-order chi connectivity index (χ1) is 6.99. The van der Waals surface area contributed by atoms with Crippen molar-refractivity contribution in [1.29, 1.82) is 0 Å². The molecule has 0 N–H and O–H groups in total. The Balaban J connectivity index is 2.56. The van der Waals surface area contributed by atoms with Crippen molar-refractivity contribution in [2.45, 2.75) is 66.2 Å². The van der Waals surface area contributed by atoms with Gasteiger partial charge in [-0.3, -0.25) is 0 Å². The van der Waals surface area contributed by atoms with E-state index in [1.165, 1.54) is 38.5 Å². The van der Waals surface area contributed by atoms with Gasteiger partial charge >= 0.3 is 0 Å². The summed E-state index contributed by atoms with van der Waals surface area (Å²) >= 11 is 0. The van der Waals surface area contributed by atoms with E-state index in [2.05, 4.69) is 39.8 Å². The lowest BCUT2D eigenvalue weighted by Gasteiger charge is -2.22. The lowest BCUT2D eigenvalue weighted by molar-refractivity contribution is 0.353. The van der Waals surface area contributed by atoms with Crippen LogP contribution in [0.3, 0.4) is 0 Å². The van der Waals surface area contributed by atoms with E-state index in [0.29, 0.717) is 5.41 Å². The largest absolute Gasteiger partial charge is 0.0877 e. The van der Waals surface area contributed by atoms with Gasteiger partial charge in [-0.2, -0.15) is 0 Å². The van der Waals surface area contributed by atoms with Crippen molar-refractivity contribution < 1.29 is 0 Å². The molecular weight excluding hydrogens is 180 g/mol. The molecule has 0 fully saturated rings. The Morgan fingerprint density at radius 1 is 1.00 bits per heavy atom. The van der Waals surface area contributed by atoms with Gasteiger partial charge in [-0.25, -0.2) is 0 Å². The number of allylic oxidation sites excluding steroid dienone is 2. The van der Waals surface area contributed by atoms with Gasteiger partial charge in [-0.15, -0.1) is 0 Å². The molecule has 1 aliphatic rings. The minimum atomic E-state index is 0.415. The smallest absolute Gasteiger partial charge is 0.0175 e. The highest BCUT2D eigenvalue weighted by Gasteiger charge is 2.16. The van der Waals surface area contributed by atoms with Crippen LogP contribution < -0.4 is 0 Å². The second kappa shape index (κ2) is 5.72. The predicted molar refractivity (Wildman–Crippen MR) is 69.0 cm³/mol. The van der Waals surface area contributed by atoms with Crippen molar-refractivity contribution in [3.05, 3.63) is 12.2 Å². The summed E-state index contributed by atoms with van der Waals surface area (Å²) in [4.78, 5) is 0. The fourth-order valence-corrected chi connectivity index (χ4v) is 2.40. The van der Waals surface area contributed by atoms with Gasteiger partial charge in [0.15, 0.2) is 0 Å². The monoisotopic (exact) mass is 208 g/mol. The van der Waals surface area contributed by atoms with Crippen LogP contribution in [-0.4, -0.2) is 0 Å². The maximum Gasteiger partial charge on any atom is -0.0175 e. The van der Waals surface area contributed by atoms with Gasteiger partial charge in [-0.05, 0) is 36.5 Å². The van der Waals surface area contributed by atoms with E-state index < -0.39 is 0 Å². The first-order valence-electron chi connectivity index (χ1n) is 6.67. The topological polar surface area (TPSA) is 0 Å². The average Bonchev–Trinajstić information content (AvgIpc) is 2.15. The van der Waals surface area contributed by atoms with Crippen LogP contribution in [-0.2, 0) is 0 Å². The van der Waals surface area contributed by atoms with Gasteiger partial charge in [0.05, 0.1) is 0 Å². The van der Waals surface area contributed by atoms with Gasteiger partial charge < -0.3 is 0 Å². The summed E-state index contributed by atoms with van der Waals surface area (Å²) in [5, 5.41) is 0. The molecule has 0 heterocycles. The zero-order valence-corrected chi connectivity index (χ0v) is 11.1. The van der Waals surface area contributed by atoms with Crippen molar-refractivity contribution in [3.8, 4) is 0 Å². The molecule has 0 radical (unpaired) electrons. The summed E-state index contributed by atoms with van der Waals surface area (Å²) in [5.74, 6) is 1.80. The second-order valence-electron chi connectivity index (χ2n) is 6.31. The van der Waals surface area contributed by atoms with E-state index in [9.17, 15) is 0 Å². The molecule has 0 aromatic rings. The maximum absolute atomic E-state index is 2.45. The van der Waals surface area contributed by atoms with Crippen molar-refractivity contribution in [2.24, 2.45) is 17.3 Å². The Bertz CT molecular complexity index is 200. The summed E-state index contributed by atoms with van der Waals surface area (Å²) in [5.41, 5.74) is 0.415. The molecule has 0 heteroatoms. The predicted octanol–water partition coefficient (Wildman–Crippen LogP) is 5.20. The third-order valence-corrected chi connectivity index (χ3v) is 3.78. The normalized spacial score (nSPS) is 35.5. The molecule has 0 spiro atoms. The molecule has 15 heavy (non-hydrogen) atoms. The third-order valence-electron chi connectivity index (χ3n) is 3.78. The molecule has 2 unspecified atom stereocenters. The summed E-state index contributed by atoms with van der Waals surface area (Å²) < 4.78 is 0. The van der Waals surface area contributed by atoms with E-state index in [0.717, 1.165) is 11.8 Å². The van der Waals surface area contributed by atoms with Crippen molar-refractivity contribution >= 4 is 0 Å². The number of rotatable bonds is 0. The van der Waals surface area contributed by atoms with Crippen LogP contribution >= 0.6 is 0 Å². The summed E-state index contributed by atoms with van der Waals surface area (Å²) in [7, 11) is 0. The Morgan fingerprint density at radius 3 is 2.40 bits per heavy atom. The van der Waals surface area contributed by atoms with Crippen molar-refractivity contribution in [2.75, 3.05) is 0 Å². The lowest BCUT2D eigenvalue weighted by atomic mass is 9.84. The Kier molecular flexibility index (Phi) is 4.89. The molecule has 1 rings (SSSR count). The zero-order chi connectivity index (χ0) is 11.3. The minimum absolute atomic E-state index is 0.415. The van der Waals surface area contributed by atoms with E-state index >= 15 is 0 Å². The van der Waals surface area contributed by atoms with E-state index in [1.807, 2.05) is 0 Å². The van der Waals surface area contributed by atoms with E-state index in [1.54, 1.807) is 0 Å². The number of hydrogen-bond donors (Lipinski definition) is 0. The third kappa shape index (κ3) is 5.39. The highest BCUT2D eigenvalue weighted by atomic mass is 14.2. The average molecular weight is 208 g/mol. The van der Waals surface area contributed by atoms with Gasteiger partial charge in [0.2, 0.25) is 0 Å². The molecular formula is C15H28. The van der Waals surface area contributed by atoms with Crippen LogP contribution in [0, 0.1) is 17.3 Å². The van der Waals surface area contributed by atoms with Crippen molar-refractivity contribution in [1.82, 2.24) is 0 Å². The molecule has 0 nitrogen and oxygen atoms in total. The SMILES string of the molecule is CC1C/C=C/C(C)(C)CCC(C)CCC1. The molecule has 1 aliphatic carbocycles. The molecule has 0 aliphatic heterocycles. The Morgan fingerprint density at radius 2 is 1.67 bits per heavy atom. The van der Waals surface area contributed by atoms with E-state index in [-0.39, 0.29) is 0 Å². The molecule has 0 bridgehead atoms. The van der Waals surface area contributed by atoms with E-state index in [4.69, 9.17) is 0 Å². The highest BCUT2D eigenvalue weighted by molar-refractivity contribution is 4.95. The Labute approximate surface area is 96.2 Å². The zero-order valence-electron chi connectivity index (χ0n) is 11.1. The quantitative estimate of drug-likeness (QED) is 0.480. The lowest BCUT2D eigenvalue weighted by Crippen LogP contribution is -2.09. The highest BCUT2D eigenvalue weighted by Crippen LogP contribution is 2.30. The minimum Gasteiger partial charge on any atom is -0.0877 e. The van der Waals surface area contributed by atoms with Crippen LogP contribution in [0.2, 0.25) is 0 Å². The second-order valence-corrected chi connectivity index (χ2v) is 6.31. The summed E-state index contributed by atoms with van der Waals surface area (Å²) in [6, 6.07) is 0. The summed E-state index contributed by atoms with van der Waals surface area (Å²) in [6.07, 6.45) is 13.1. The van der Waals surface area contributed by atoms with Crippen LogP contribution in [0.5, 0.6) is 0 Å². The van der Waals surface area contributed by atoms with Gasteiger partial charge in [-0.1, -0.05) is 59.1 Å². The van der Waals surface area contributed by atoms with Gasteiger partial charge in [0.25, 0.3) is 0 Å². The molecule has 2 atom stereocenters. The fourth-order valence-electron chi connectivity index (χ4n) is 2.40. The first-order valence-corrected chi connectivity index (χ1v) is 6.67. The molecule has 0 amide bonds. The van der Waals surface area contributed by atoms with Crippen LogP contribution in [0.25, 0.3) is 0 Å². The van der Waals surface area contributed by atoms with Gasteiger partial charge in [0.1, 0.15) is 0 Å². The molecule has 0 aromatic carbocycles. The first kappa shape index (κ1) is 12.8. The Hall–Kier alpha value is -0.260. The van der Waals surface area contributed by atoms with Crippen LogP contribution in [0.1, 0.15) is 66.2 Å². The molecule has 0 saturated carbocycles. The molecule has 0 aromatic heterocycles. The van der Waals surface area contributed by atoms with Crippen molar-refractivity contribution in [3.63, 3.8) is 0 Å². The maximum atomic E-state index is 2.45. The summed E-state index contributed by atoms with van der Waals surface area (Å²) in [6.45, 7) is 9.56. The fraction of sp³-hybridized carbons (Fsp3) is 0.867. The van der Waals surface area contributed by atoms with Crippen LogP contribution in [0.4, 0.5) is 0 Å². The standard InChI is InChI=1S/C15H28/c1-13-7-5-8-14(2)10-12-15(3,4)11-6-9-13/h6,11,13-14H,5,7-10,12H2,1-4H3/b11-6+. The van der Waals surface area contributed by atoms with Gasteiger partial charge in [0, 0.05) is 0 Å².